The zero-order chi connectivity index (χ0) is 16.8. The van der Waals surface area contributed by atoms with Crippen LogP contribution in [-0.2, 0) is 16.1 Å². The average molecular weight is 328 g/mol. The van der Waals surface area contributed by atoms with Gasteiger partial charge in [-0.3, -0.25) is 4.79 Å². The van der Waals surface area contributed by atoms with Crippen molar-refractivity contribution in [2.24, 2.45) is 0 Å². The Balaban J connectivity index is 1.41. The molecular formula is C19H24N2O3. The third kappa shape index (κ3) is 4.23. The molecule has 0 radical (unpaired) electrons. The minimum atomic E-state index is 0.0696. The molecule has 0 aliphatic carbocycles. The molecule has 0 N–H and O–H groups in total. The summed E-state index contributed by atoms with van der Waals surface area (Å²) in [6.07, 6.45) is 3.24. The third-order valence-corrected chi connectivity index (χ3v) is 4.35. The van der Waals surface area contributed by atoms with Gasteiger partial charge in [0.1, 0.15) is 11.5 Å². The fourth-order valence-electron chi connectivity index (χ4n) is 3.15. The molecular weight excluding hydrogens is 304 g/mol. The zero-order valence-corrected chi connectivity index (χ0v) is 14.1. The second-order valence-electron chi connectivity index (χ2n) is 6.25. The summed E-state index contributed by atoms with van der Waals surface area (Å²) in [5.74, 6) is 0.972. The van der Waals surface area contributed by atoms with Gasteiger partial charge in [-0.15, -0.1) is 0 Å². The lowest BCUT2D eigenvalue weighted by molar-refractivity contribution is -0.132. The molecule has 0 bridgehead atoms. The van der Waals surface area contributed by atoms with Crippen LogP contribution in [0.15, 0.2) is 40.9 Å². The predicted octanol–water partition coefficient (Wildman–Crippen LogP) is 3.64. The average Bonchev–Trinajstić information content (AvgIpc) is 3.24. The van der Waals surface area contributed by atoms with Gasteiger partial charge in [0.15, 0.2) is 0 Å². The predicted molar refractivity (Wildman–Crippen MR) is 90.3 cm³/mol. The van der Waals surface area contributed by atoms with Crippen LogP contribution in [0.25, 0.3) is 0 Å². The summed E-state index contributed by atoms with van der Waals surface area (Å²) < 4.78 is 10.8. The van der Waals surface area contributed by atoms with Crippen LogP contribution in [0.3, 0.4) is 0 Å². The number of ether oxygens (including phenoxy) is 1. The lowest BCUT2D eigenvalue weighted by Crippen LogP contribution is -2.30. The van der Waals surface area contributed by atoms with E-state index in [9.17, 15) is 4.79 Å². The monoisotopic (exact) mass is 328 g/mol. The van der Waals surface area contributed by atoms with Crippen molar-refractivity contribution in [1.29, 1.82) is 0 Å². The standard InChI is InChI=1S/C19H24N2O3/c1-15-13-17(20-24-15)18-9-5-11-21(18)19(22)10-6-12-23-14-16-7-3-2-4-8-16/h2-4,7-8,13,18H,5-6,9-12,14H2,1H3/t18-/m0/s1. The summed E-state index contributed by atoms with van der Waals surface area (Å²) in [7, 11) is 0. The van der Waals surface area contributed by atoms with E-state index in [1.165, 1.54) is 0 Å². The van der Waals surface area contributed by atoms with E-state index in [1.54, 1.807) is 0 Å². The fourth-order valence-corrected chi connectivity index (χ4v) is 3.15. The first-order chi connectivity index (χ1) is 11.7. The van der Waals surface area contributed by atoms with E-state index in [1.807, 2.05) is 48.2 Å². The van der Waals surface area contributed by atoms with Crippen LogP contribution >= 0.6 is 0 Å². The molecule has 5 nitrogen and oxygen atoms in total. The smallest absolute Gasteiger partial charge is 0.223 e. The van der Waals surface area contributed by atoms with Crippen molar-refractivity contribution in [2.45, 2.75) is 45.3 Å². The Morgan fingerprint density at radius 3 is 2.96 bits per heavy atom. The fraction of sp³-hybridized carbons (Fsp3) is 0.474. The van der Waals surface area contributed by atoms with E-state index in [4.69, 9.17) is 9.26 Å². The number of likely N-dealkylation sites (tertiary alicyclic amines) is 1. The normalized spacial score (nSPS) is 17.4. The number of benzene rings is 1. The number of hydrogen-bond acceptors (Lipinski definition) is 4. The Labute approximate surface area is 142 Å². The van der Waals surface area contributed by atoms with Crippen molar-refractivity contribution in [2.75, 3.05) is 13.2 Å². The highest BCUT2D eigenvalue weighted by Crippen LogP contribution is 2.32. The molecule has 1 aliphatic rings. The summed E-state index contributed by atoms with van der Waals surface area (Å²) in [6.45, 7) is 3.88. The molecule has 1 aliphatic heterocycles. The van der Waals surface area contributed by atoms with E-state index in [0.717, 1.165) is 42.8 Å². The Kier molecular flexibility index (Phi) is 5.64. The summed E-state index contributed by atoms with van der Waals surface area (Å²) in [5.41, 5.74) is 2.03. The summed E-state index contributed by atoms with van der Waals surface area (Å²) in [5, 5.41) is 4.08. The number of rotatable bonds is 7. The van der Waals surface area contributed by atoms with Crippen molar-refractivity contribution in [3.05, 3.63) is 53.4 Å². The second kappa shape index (κ2) is 8.11. The van der Waals surface area contributed by atoms with Crippen molar-refractivity contribution in [3.8, 4) is 0 Å². The van der Waals surface area contributed by atoms with Gasteiger partial charge in [0.2, 0.25) is 5.91 Å². The topological polar surface area (TPSA) is 55.6 Å². The van der Waals surface area contributed by atoms with E-state index >= 15 is 0 Å². The van der Waals surface area contributed by atoms with E-state index in [2.05, 4.69) is 5.16 Å². The summed E-state index contributed by atoms with van der Waals surface area (Å²) >= 11 is 0. The van der Waals surface area contributed by atoms with Gasteiger partial charge >= 0.3 is 0 Å². The van der Waals surface area contributed by atoms with Gasteiger partial charge in [0.05, 0.1) is 12.6 Å². The van der Waals surface area contributed by atoms with Crippen molar-refractivity contribution in [1.82, 2.24) is 10.1 Å². The maximum atomic E-state index is 12.5. The quantitative estimate of drug-likeness (QED) is 0.728. The number of aromatic nitrogens is 1. The van der Waals surface area contributed by atoms with Gasteiger partial charge in [-0.05, 0) is 31.7 Å². The first-order valence-corrected chi connectivity index (χ1v) is 8.58. The largest absolute Gasteiger partial charge is 0.377 e. The summed E-state index contributed by atoms with van der Waals surface area (Å²) in [6, 6.07) is 12.1. The first-order valence-electron chi connectivity index (χ1n) is 8.58. The van der Waals surface area contributed by atoms with Crippen LogP contribution in [0.5, 0.6) is 0 Å². The number of aryl methyl sites for hydroxylation is 1. The summed E-state index contributed by atoms with van der Waals surface area (Å²) in [4.78, 5) is 14.4. The first kappa shape index (κ1) is 16.7. The van der Waals surface area contributed by atoms with Gasteiger partial charge in [0.25, 0.3) is 0 Å². The Morgan fingerprint density at radius 2 is 2.21 bits per heavy atom. The van der Waals surface area contributed by atoms with Gasteiger partial charge < -0.3 is 14.2 Å². The molecule has 1 fully saturated rings. The molecule has 5 heteroatoms. The molecule has 128 valence electrons. The molecule has 2 aromatic rings. The van der Waals surface area contributed by atoms with Crippen molar-refractivity contribution < 1.29 is 14.1 Å². The molecule has 1 saturated heterocycles. The molecule has 0 spiro atoms. The minimum Gasteiger partial charge on any atom is -0.377 e. The molecule has 1 aromatic carbocycles. The Bertz CT molecular complexity index is 654. The molecule has 1 atom stereocenters. The Hall–Kier alpha value is -2.14. The van der Waals surface area contributed by atoms with Crippen molar-refractivity contribution in [3.63, 3.8) is 0 Å². The van der Waals surface area contributed by atoms with Crippen LogP contribution < -0.4 is 0 Å². The van der Waals surface area contributed by atoms with Gasteiger partial charge in [-0.25, -0.2) is 0 Å². The third-order valence-electron chi connectivity index (χ3n) is 4.35. The lowest BCUT2D eigenvalue weighted by Gasteiger charge is -2.23. The van der Waals surface area contributed by atoms with E-state index in [0.29, 0.717) is 19.6 Å². The number of amides is 1. The van der Waals surface area contributed by atoms with Crippen LogP contribution in [0.2, 0.25) is 0 Å². The maximum Gasteiger partial charge on any atom is 0.223 e. The maximum absolute atomic E-state index is 12.5. The lowest BCUT2D eigenvalue weighted by atomic mass is 10.1. The highest BCUT2D eigenvalue weighted by atomic mass is 16.5. The van der Waals surface area contributed by atoms with Crippen LogP contribution in [-0.4, -0.2) is 29.1 Å². The second-order valence-corrected chi connectivity index (χ2v) is 6.25. The minimum absolute atomic E-state index is 0.0696. The van der Waals surface area contributed by atoms with Crippen LogP contribution in [0.1, 0.15) is 48.7 Å². The number of carbonyl (C=O) groups excluding carboxylic acids is 1. The molecule has 24 heavy (non-hydrogen) atoms. The van der Waals surface area contributed by atoms with Gasteiger partial charge in [-0.1, -0.05) is 35.5 Å². The van der Waals surface area contributed by atoms with Crippen molar-refractivity contribution >= 4 is 5.91 Å². The molecule has 3 rings (SSSR count). The zero-order valence-electron chi connectivity index (χ0n) is 14.1. The SMILES string of the molecule is Cc1cc([C@@H]2CCCN2C(=O)CCCOCc2ccccc2)no1. The van der Waals surface area contributed by atoms with Crippen LogP contribution in [0, 0.1) is 6.92 Å². The molecule has 0 unspecified atom stereocenters. The molecule has 1 amide bonds. The molecule has 1 aromatic heterocycles. The van der Waals surface area contributed by atoms with Gasteiger partial charge in [0, 0.05) is 25.6 Å². The Morgan fingerprint density at radius 1 is 1.38 bits per heavy atom. The van der Waals surface area contributed by atoms with E-state index in [-0.39, 0.29) is 11.9 Å². The van der Waals surface area contributed by atoms with E-state index < -0.39 is 0 Å². The van der Waals surface area contributed by atoms with Crippen LogP contribution in [0.4, 0.5) is 0 Å². The number of hydrogen-bond donors (Lipinski definition) is 0. The highest BCUT2D eigenvalue weighted by molar-refractivity contribution is 5.77. The molecule has 2 heterocycles. The highest BCUT2D eigenvalue weighted by Gasteiger charge is 2.31. The number of nitrogens with zero attached hydrogens (tertiary/aromatic N) is 2. The number of carbonyl (C=O) groups is 1. The molecule has 0 saturated carbocycles. The van der Waals surface area contributed by atoms with Gasteiger partial charge in [-0.2, -0.15) is 0 Å².